The zero-order chi connectivity index (χ0) is 17.5. The lowest BCUT2D eigenvalue weighted by atomic mass is 9.90. The first-order chi connectivity index (χ1) is 12.2. The standard InChI is InChI=1S/C22H26BrNO/c23-21-10-8-20(9-11-21)22(25)7-4-14-24-15-12-19(13-16-24)17-18-5-2-1-3-6-18/h1-3,5-6,8-11,19H,4,7,12-17H2. The molecule has 0 radical (unpaired) electrons. The number of likely N-dealkylation sites (tertiary alicyclic amines) is 1. The molecule has 0 atom stereocenters. The van der Waals surface area contributed by atoms with E-state index in [1.165, 1.54) is 37.9 Å². The van der Waals surface area contributed by atoms with E-state index in [0.717, 1.165) is 28.9 Å². The summed E-state index contributed by atoms with van der Waals surface area (Å²) in [7, 11) is 0. The van der Waals surface area contributed by atoms with Gasteiger partial charge in [0.15, 0.2) is 5.78 Å². The van der Waals surface area contributed by atoms with Crippen molar-refractivity contribution in [1.29, 1.82) is 0 Å². The van der Waals surface area contributed by atoms with Gasteiger partial charge >= 0.3 is 0 Å². The molecule has 2 aromatic rings. The second-order valence-corrected chi connectivity index (χ2v) is 7.92. The van der Waals surface area contributed by atoms with Gasteiger partial charge in [-0.25, -0.2) is 0 Å². The zero-order valence-corrected chi connectivity index (χ0v) is 16.2. The summed E-state index contributed by atoms with van der Waals surface area (Å²) in [5.74, 6) is 1.06. The summed E-state index contributed by atoms with van der Waals surface area (Å²) in [6, 6.07) is 18.5. The number of carbonyl (C=O) groups is 1. The molecular weight excluding hydrogens is 374 g/mol. The Bertz CT molecular complexity index is 660. The van der Waals surface area contributed by atoms with Crippen molar-refractivity contribution in [3.63, 3.8) is 0 Å². The smallest absolute Gasteiger partial charge is 0.162 e. The van der Waals surface area contributed by atoms with E-state index in [0.29, 0.717) is 6.42 Å². The summed E-state index contributed by atoms with van der Waals surface area (Å²) in [6.45, 7) is 3.38. The van der Waals surface area contributed by atoms with Crippen molar-refractivity contribution >= 4 is 21.7 Å². The normalized spacial score (nSPS) is 16.0. The van der Waals surface area contributed by atoms with Crippen LogP contribution < -0.4 is 0 Å². The number of benzene rings is 2. The SMILES string of the molecule is O=C(CCCN1CCC(Cc2ccccc2)CC1)c1ccc(Br)cc1. The van der Waals surface area contributed by atoms with Gasteiger partial charge in [0.2, 0.25) is 0 Å². The minimum Gasteiger partial charge on any atom is -0.303 e. The van der Waals surface area contributed by atoms with Crippen molar-refractivity contribution in [1.82, 2.24) is 4.90 Å². The Hall–Kier alpha value is -1.45. The maximum atomic E-state index is 12.2. The fraction of sp³-hybridized carbons (Fsp3) is 0.409. The first kappa shape index (κ1) is 18.3. The zero-order valence-electron chi connectivity index (χ0n) is 14.7. The first-order valence-electron chi connectivity index (χ1n) is 9.26. The largest absolute Gasteiger partial charge is 0.303 e. The summed E-state index contributed by atoms with van der Waals surface area (Å²) in [5, 5.41) is 0. The predicted octanol–water partition coefficient (Wildman–Crippen LogP) is 5.37. The molecule has 0 N–H and O–H groups in total. The fourth-order valence-corrected chi connectivity index (χ4v) is 3.87. The van der Waals surface area contributed by atoms with E-state index in [1.807, 2.05) is 24.3 Å². The third kappa shape index (κ3) is 5.79. The Kier molecular flexibility index (Phi) is 6.83. The van der Waals surface area contributed by atoms with Crippen molar-refractivity contribution in [2.45, 2.75) is 32.1 Å². The Morgan fingerprint density at radius 1 is 1.00 bits per heavy atom. The van der Waals surface area contributed by atoms with Crippen LogP contribution in [0.3, 0.4) is 0 Å². The predicted molar refractivity (Wildman–Crippen MR) is 107 cm³/mol. The lowest BCUT2D eigenvalue weighted by molar-refractivity contribution is 0.0970. The average Bonchev–Trinajstić information content (AvgIpc) is 2.64. The summed E-state index contributed by atoms with van der Waals surface area (Å²) in [4.78, 5) is 14.7. The van der Waals surface area contributed by atoms with Crippen LogP contribution in [0.2, 0.25) is 0 Å². The second kappa shape index (κ2) is 9.30. The van der Waals surface area contributed by atoms with Crippen molar-refractivity contribution in [3.8, 4) is 0 Å². The molecule has 25 heavy (non-hydrogen) atoms. The number of ketones is 1. The molecule has 0 unspecified atom stereocenters. The molecule has 1 aliphatic rings. The first-order valence-corrected chi connectivity index (χ1v) is 10.0. The molecule has 1 saturated heterocycles. The van der Waals surface area contributed by atoms with Gasteiger partial charge in [-0.1, -0.05) is 58.4 Å². The Labute approximate surface area is 159 Å². The van der Waals surface area contributed by atoms with Crippen molar-refractivity contribution in [3.05, 3.63) is 70.2 Å². The van der Waals surface area contributed by atoms with Gasteiger partial charge in [-0.2, -0.15) is 0 Å². The maximum absolute atomic E-state index is 12.2. The van der Waals surface area contributed by atoms with Crippen molar-refractivity contribution in [2.75, 3.05) is 19.6 Å². The van der Waals surface area contributed by atoms with Gasteiger partial charge in [-0.15, -0.1) is 0 Å². The summed E-state index contributed by atoms with van der Waals surface area (Å²) in [5.41, 5.74) is 2.28. The van der Waals surface area contributed by atoms with E-state index in [4.69, 9.17) is 0 Å². The molecule has 1 aliphatic heterocycles. The van der Waals surface area contributed by atoms with Gasteiger partial charge in [-0.05, 0) is 68.9 Å². The second-order valence-electron chi connectivity index (χ2n) is 7.01. The third-order valence-electron chi connectivity index (χ3n) is 5.12. The van der Waals surface area contributed by atoms with Crippen LogP contribution in [0.5, 0.6) is 0 Å². The van der Waals surface area contributed by atoms with Crippen LogP contribution in [0.4, 0.5) is 0 Å². The number of Topliss-reactive ketones (excluding diaryl/α,β-unsaturated/α-hetero) is 1. The molecule has 1 fully saturated rings. The van der Waals surface area contributed by atoms with Crippen LogP contribution >= 0.6 is 15.9 Å². The van der Waals surface area contributed by atoms with Crippen LogP contribution in [-0.2, 0) is 6.42 Å². The van der Waals surface area contributed by atoms with Gasteiger partial charge in [0, 0.05) is 16.5 Å². The van der Waals surface area contributed by atoms with Gasteiger partial charge in [0.25, 0.3) is 0 Å². The molecule has 0 aliphatic carbocycles. The van der Waals surface area contributed by atoms with E-state index in [-0.39, 0.29) is 5.78 Å². The number of halogens is 1. The van der Waals surface area contributed by atoms with Gasteiger partial charge < -0.3 is 4.90 Å². The van der Waals surface area contributed by atoms with Crippen LogP contribution in [0.1, 0.15) is 41.6 Å². The van der Waals surface area contributed by atoms with E-state index in [9.17, 15) is 4.79 Å². The third-order valence-corrected chi connectivity index (χ3v) is 5.65. The fourth-order valence-electron chi connectivity index (χ4n) is 3.60. The number of nitrogens with zero attached hydrogens (tertiary/aromatic N) is 1. The van der Waals surface area contributed by atoms with E-state index < -0.39 is 0 Å². The van der Waals surface area contributed by atoms with Crippen molar-refractivity contribution in [2.24, 2.45) is 5.92 Å². The highest BCUT2D eigenvalue weighted by Gasteiger charge is 2.19. The highest BCUT2D eigenvalue weighted by molar-refractivity contribution is 9.10. The molecule has 2 aromatic carbocycles. The van der Waals surface area contributed by atoms with Crippen LogP contribution in [-0.4, -0.2) is 30.3 Å². The summed E-state index contributed by atoms with van der Waals surface area (Å²) in [6.07, 6.45) is 5.35. The van der Waals surface area contributed by atoms with E-state index in [2.05, 4.69) is 51.2 Å². The maximum Gasteiger partial charge on any atom is 0.162 e. The molecule has 2 nitrogen and oxygen atoms in total. The van der Waals surface area contributed by atoms with E-state index in [1.54, 1.807) is 0 Å². The molecule has 3 rings (SSSR count). The molecule has 0 amide bonds. The van der Waals surface area contributed by atoms with Crippen LogP contribution in [0.15, 0.2) is 59.1 Å². The molecule has 0 spiro atoms. The van der Waals surface area contributed by atoms with Gasteiger partial charge in [0.1, 0.15) is 0 Å². The highest BCUT2D eigenvalue weighted by atomic mass is 79.9. The number of carbonyl (C=O) groups excluding carboxylic acids is 1. The highest BCUT2D eigenvalue weighted by Crippen LogP contribution is 2.22. The number of hydrogen-bond donors (Lipinski definition) is 0. The van der Waals surface area contributed by atoms with Crippen LogP contribution in [0, 0.1) is 5.92 Å². The number of piperidine rings is 1. The quantitative estimate of drug-likeness (QED) is 0.583. The molecule has 0 aromatic heterocycles. The average molecular weight is 400 g/mol. The van der Waals surface area contributed by atoms with Crippen LogP contribution in [0.25, 0.3) is 0 Å². The number of rotatable bonds is 7. The molecule has 132 valence electrons. The minimum atomic E-state index is 0.256. The summed E-state index contributed by atoms with van der Waals surface area (Å²) >= 11 is 3.41. The Morgan fingerprint density at radius 3 is 2.36 bits per heavy atom. The monoisotopic (exact) mass is 399 g/mol. The lowest BCUT2D eigenvalue weighted by Crippen LogP contribution is -2.35. The molecule has 0 bridgehead atoms. The minimum absolute atomic E-state index is 0.256. The lowest BCUT2D eigenvalue weighted by Gasteiger charge is -2.32. The molecule has 0 saturated carbocycles. The molecule has 1 heterocycles. The number of hydrogen-bond acceptors (Lipinski definition) is 2. The van der Waals surface area contributed by atoms with E-state index >= 15 is 0 Å². The Balaban J connectivity index is 1.35. The van der Waals surface area contributed by atoms with Gasteiger partial charge in [0.05, 0.1) is 0 Å². The summed E-state index contributed by atoms with van der Waals surface area (Å²) < 4.78 is 1.02. The topological polar surface area (TPSA) is 20.3 Å². The molecular formula is C22H26BrNO. The molecule has 3 heteroatoms. The van der Waals surface area contributed by atoms with Crippen molar-refractivity contribution < 1.29 is 4.79 Å². The Morgan fingerprint density at radius 2 is 1.68 bits per heavy atom. The van der Waals surface area contributed by atoms with Gasteiger partial charge in [-0.3, -0.25) is 4.79 Å².